The van der Waals surface area contributed by atoms with Gasteiger partial charge in [-0.05, 0) is 67.9 Å². The summed E-state index contributed by atoms with van der Waals surface area (Å²) in [6, 6.07) is 4.57. The summed E-state index contributed by atoms with van der Waals surface area (Å²) < 4.78 is 0. The Balaban J connectivity index is 1.10. The fourth-order valence-corrected chi connectivity index (χ4v) is 6.69. The molecule has 0 radical (unpaired) electrons. The van der Waals surface area contributed by atoms with Crippen molar-refractivity contribution < 1.29 is 0 Å². The van der Waals surface area contributed by atoms with Gasteiger partial charge in [-0.15, -0.1) is 0 Å². The number of amidine groups is 1. The number of piperidine rings is 1. The van der Waals surface area contributed by atoms with Crippen LogP contribution >= 0.6 is 0 Å². The maximum atomic E-state index is 6.64. The lowest BCUT2D eigenvalue weighted by Crippen LogP contribution is -2.48. The van der Waals surface area contributed by atoms with Gasteiger partial charge in [-0.2, -0.15) is 0 Å². The molecule has 5 aliphatic rings. The molecular formula is C24H29N7. The van der Waals surface area contributed by atoms with Gasteiger partial charge in [0, 0.05) is 31.9 Å². The van der Waals surface area contributed by atoms with E-state index in [4.69, 9.17) is 20.7 Å². The second kappa shape index (κ2) is 6.48. The van der Waals surface area contributed by atoms with Crippen LogP contribution in [-0.2, 0) is 13.0 Å². The quantitative estimate of drug-likeness (QED) is 0.771. The summed E-state index contributed by atoms with van der Waals surface area (Å²) in [5.41, 5.74) is 11.3. The van der Waals surface area contributed by atoms with Gasteiger partial charge in [0.1, 0.15) is 11.5 Å². The Kier molecular flexibility index (Phi) is 3.78. The molecule has 2 aromatic heterocycles. The van der Waals surface area contributed by atoms with Crippen LogP contribution in [-0.4, -0.2) is 46.5 Å². The first kappa shape index (κ1) is 18.1. The first-order chi connectivity index (χ1) is 15.2. The molecule has 2 N–H and O–H groups in total. The van der Waals surface area contributed by atoms with E-state index in [0.29, 0.717) is 18.0 Å². The molecule has 3 fully saturated rings. The molecule has 31 heavy (non-hydrogen) atoms. The van der Waals surface area contributed by atoms with E-state index in [-0.39, 0.29) is 0 Å². The van der Waals surface area contributed by atoms with Gasteiger partial charge in [-0.3, -0.25) is 9.98 Å². The zero-order chi connectivity index (χ0) is 20.6. The van der Waals surface area contributed by atoms with Crippen LogP contribution in [0.5, 0.6) is 0 Å². The maximum absolute atomic E-state index is 6.64. The lowest BCUT2D eigenvalue weighted by Gasteiger charge is -2.43. The maximum Gasteiger partial charge on any atom is 0.156 e. The summed E-state index contributed by atoms with van der Waals surface area (Å²) in [5, 5.41) is 0. The Hall–Kier alpha value is -2.54. The van der Waals surface area contributed by atoms with E-state index in [2.05, 4.69) is 20.9 Å². The van der Waals surface area contributed by atoms with Crippen molar-refractivity contribution in [2.24, 2.45) is 28.0 Å². The minimum atomic E-state index is 0.389. The van der Waals surface area contributed by atoms with E-state index in [1.807, 2.05) is 18.5 Å². The van der Waals surface area contributed by atoms with Crippen molar-refractivity contribution in [1.82, 2.24) is 15.0 Å². The molecular weight excluding hydrogens is 386 g/mol. The Morgan fingerprint density at radius 2 is 2.00 bits per heavy atom. The number of nitrogens with zero attached hydrogens (tertiary/aromatic N) is 6. The minimum Gasteiger partial charge on any atom is -0.355 e. The van der Waals surface area contributed by atoms with Crippen LogP contribution in [0.4, 0.5) is 11.5 Å². The molecule has 1 saturated heterocycles. The van der Waals surface area contributed by atoms with Crippen LogP contribution in [0.15, 0.2) is 29.5 Å². The number of hydrogen-bond acceptors (Lipinski definition) is 7. The topological polar surface area (TPSA) is 83.5 Å². The van der Waals surface area contributed by atoms with Crippen LogP contribution < -0.4 is 15.5 Å². The van der Waals surface area contributed by atoms with E-state index in [9.17, 15) is 0 Å². The predicted octanol–water partition coefficient (Wildman–Crippen LogP) is 2.54. The van der Waals surface area contributed by atoms with Crippen LogP contribution in [0.1, 0.15) is 49.2 Å². The molecule has 2 saturated carbocycles. The van der Waals surface area contributed by atoms with E-state index in [1.54, 1.807) is 0 Å². The number of aliphatic imine (C=N–C) groups is 1. The number of aromatic nitrogens is 3. The number of pyridine rings is 1. The van der Waals surface area contributed by atoms with Crippen molar-refractivity contribution in [3.05, 3.63) is 41.6 Å². The highest BCUT2D eigenvalue weighted by Gasteiger charge is 2.59. The molecule has 1 unspecified atom stereocenters. The highest BCUT2D eigenvalue weighted by atomic mass is 15.3. The third-order valence-corrected chi connectivity index (χ3v) is 8.53. The molecule has 7 rings (SSSR count). The van der Waals surface area contributed by atoms with Gasteiger partial charge in [-0.25, -0.2) is 9.97 Å². The smallest absolute Gasteiger partial charge is 0.156 e. The van der Waals surface area contributed by atoms with E-state index in [1.165, 1.54) is 31.4 Å². The highest BCUT2D eigenvalue weighted by Crippen LogP contribution is 2.62. The van der Waals surface area contributed by atoms with Crippen LogP contribution in [0.25, 0.3) is 0 Å². The van der Waals surface area contributed by atoms with E-state index < -0.39 is 0 Å². The molecule has 0 amide bonds. The second-order valence-electron chi connectivity index (χ2n) is 10.1. The number of nitrogens with two attached hydrogens (primary N) is 1. The van der Waals surface area contributed by atoms with Gasteiger partial charge in [0.15, 0.2) is 5.84 Å². The summed E-state index contributed by atoms with van der Waals surface area (Å²) in [6.07, 6.45) is 11.1. The zero-order valence-electron chi connectivity index (χ0n) is 17.9. The molecule has 7 heteroatoms. The molecule has 160 valence electrons. The van der Waals surface area contributed by atoms with Gasteiger partial charge < -0.3 is 15.5 Å². The fraction of sp³-hybridized carbons (Fsp3) is 0.583. The van der Waals surface area contributed by atoms with Crippen molar-refractivity contribution in [1.29, 1.82) is 0 Å². The minimum absolute atomic E-state index is 0.389. The molecule has 3 aliphatic heterocycles. The zero-order valence-corrected chi connectivity index (χ0v) is 17.9. The molecule has 1 spiro atoms. The van der Waals surface area contributed by atoms with Crippen LogP contribution in [0, 0.1) is 17.3 Å². The number of aryl methyl sites for hydroxylation is 1. The van der Waals surface area contributed by atoms with Crippen molar-refractivity contribution in [2.45, 2.75) is 51.1 Å². The van der Waals surface area contributed by atoms with Gasteiger partial charge in [0.25, 0.3) is 0 Å². The largest absolute Gasteiger partial charge is 0.355 e. The Morgan fingerprint density at radius 1 is 1.10 bits per heavy atom. The normalized spacial score (nSPS) is 30.1. The van der Waals surface area contributed by atoms with Gasteiger partial charge in [-0.1, -0.05) is 0 Å². The Bertz CT molecular complexity index is 1070. The summed E-state index contributed by atoms with van der Waals surface area (Å²) in [5.74, 6) is 3.70. The van der Waals surface area contributed by atoms with Crippen molar-refractivity contribution >= 4 is 17.3 Å². The molecule has 0 bridgehead atoms. The summed E-state index contributed by atoms with van der Waals surface area (Å²) in [7, 11) is 0. The highest BCUT2D eigenvalue weighted by molar-refractivity contribution is 6.11. The van der Waals surface area contributed by atoms with Crippen LogP contribution in [0.3, 0.4) is 0 Å². The first-order valence-corrected chi connectivity index (χ1v) is 11.8. The summed E-state index contributed by atoms with van der Waals surface area (Å²) >= 11 is 0. The SMILES string of the molecule is N[C@@H]1[C@H]2CC2CC12CCN(c1cnc3c(n1)CN=C3N1CCCc3ncccc31)CC2. The average molecular weight is 416 g/mol. The predicted molar refractivity (Wildman–Crippen MR) is 120 cm³/mol. The van der Waals surface area contributed by atoms with E-state index in [0.717, 1.165) is 73.0 Å². The third kappa shape index (κ3) is 2.68. The lowest BCUT2D eigenvalue weighted by atomic mass is 9.72. The van der Waals surface area contributed by atoms with Gasteiger partial charge >= 0.3 is 0 Å². The molecule has 7 nitrogen and oxygen atoms in total. The molecule has 2 aliphatic carbocycles. The standard InChI is InChI=1S/C24H29N7/c25-22-16-11-15(16)12-24(22)5-9-30(10-6-24)20-14-27-21-18(29-20)13-28-23(21)31-8-2-3-17-19(31)4-1-7-26-17/h1,4,7,14-16,22H,2-3,5-6,8-13,25H2/t15?,16-,22+/m0/s1. The summed E-state index contributed by atoms with van der Waals surface area (Å²) in [6.45, 7) is 3.65. The van der Waals surface area contributed by atoms with Gasteiger partial charge in [0.05, 0.1) is 29.8 Å². The number of anilines is 2. The van der Waals surface area contributed by atoms with Crippen molar-refractivity contribution in [2.75, 3.05) is 29.4 Å². The van der Waals surface area contributed by atoms with Crippen LogP contribution in [0.2, 0.25) is 0 Å². The lowest BCUT2D eigenvalue weighted by molar-refractivity contribution is 0.172. The molecule has 0 aromatic carbocycles. The second-order valence-corrected chi connectivity index (χ2v) is 10.1. The Labute approximate surface area is 182 Å². The van der Waals surface area contributed by atoms with Crippen molar-refractivity contribution in [3.8, 4) is 0 Å². The number of rotatable bonds is 1. The fourth-order valence-electron chi connectivity index (χ4n) is 6.69. The molecule has 5 heterocycles. The van der Waals surface area contributed by atoms with E-state index >= 15 is 0 Å². The Morgan fingerprint density at radius 3 is 2.84 bits per heavy atom. The molecule has 3 atom stereocenters. The monoisotopic (exact) mass is 415 g/mol. The first-order valence-electron chi connectivity index (χ1n) is 11.8. The molecule has 2 aromatic rings. The van der Waals surface area contributed by atoms with Crippen molar-refractivity contribution in [3.63, 3.8) is 0 Å². The summed E-state index contributed by atoms with van der Waals surface area (Å²) in [4.78, 5) is 24.0. The average Bonchev–Trinajstić information content (AvgIpc) is 3.36. The van der Waals surface area contributed by atoms with Gasteiger partial charge in [0.2, 0.25) is 0 Å². The third-order valence-electron chi connectivity index (χ3n) is 8.53. The number of fused-ring (bicyclic) bond motifs is 3. The number of hydrogen-bond donors (Lipinski definition) is 1.